The monoisotopic (exact) mass is 246 g/mol. The molecule has 0 aliphatic carbocycles. The highest BCUT2D eigenvalue weighted by Crippen LogP contribution is 2.16. The molecule has 1 aromatic carbocycles. The molecule has 2 aromatic rings. The number of anilines is 1. The molecule has 6 nitrogen and oxygen atoms in total. The number of aryl methyl sites for hydroxylation is 1. The van der Waals surface area contributed by atoms with Gasteiger partial charge in [-0.1, -0.05) is 16.8 Å². The summed E-state index contributed by atoms with van der Waals surface area (Å²) in [6.07, 6.45) is 1.53. The van der Waals surface area contributed by atoms with Gasteiger partial charge >= 0.3 is 0 Å². The third-order valence-electron chi connectivity index (χ3n) is 2.49. The number of aromatic nitrogens is 1. The molecule has 0 saturated heterocycles. The van der Waals surface area contributed by atoms with E-state index in [0.29, 0.717) is 17.0 Å². The summed E-state index contributed by atoms with van der Waals surface area (Å²) in [6.45, 7) is 2.20. The van der Waals surface area contributed by atoms with Crippen LogP contribution in [0, 0.1) is 6.92 Å². The van der Waals surface area contributed by atoms with Crippen LogP contribution in [0.25, 0.3) is 0 Å². The summed E-state index contributed by atoms with van der Waals surface area (Å²) in [5, 5.41) is 6.30. The Balaban J connectivity index is 2.10. The van der Waals surface area contributed by atoms with Crippen LogP contribution in [0.4, 0.5) is 5.69 Å². The SMILES string of the molecule is Cc1ccc(NN)c(C(=O)NCc2ccno2)c1. The van der Waals surface area contributed by atoms with Crippen molar-refractivity contribution in [3.05, 3.63) is 47.3 Å². The predicted molar refractivity (Wildman–Crippen MR) is 66.7 cm³/mol. The number of benzene rings is 1. The van der Waals surface area contributed by atoms with Gasteiger partial charge in [-0.25, -0.2) is 0 Å². The van der Waals surface area contributed by atoms with E-state index in [9.17, 15) is 4.79 Å². The minimum absolute atomic E-state index is 0.219. The van der Waals surface area contributed by atoms with E-state index in [2.05, 4.69) is 15.9 Å². The van der Waals surface area contributed by atoms with E-state index in [1.54, 1.807) is 18.2 Å². The minimum atomic E-state index is -0.219. The van der Waals surface area contributed by atoms with Crippen LogP contribution < -0.4 is 16.6 Å². The van der Waals surface area contributed by atoms with Crippen molar-refractivity contribution in [1.29, 1.82) is 0 Å². The number of carbonyl (C=O) groups excluding carboxylic acids is 1. The van der Waals surface area contributed by atoms with Crippen molar-refractivity contribution < 1.29 is 9.32 Å². The molecule has 94 valence electrons. The Morgan fingerprint density at radius 2 is 2.28 bits per heavy atom. The Kier molecular flexibility index (Phi) is 3.59. The van der Waals surface area contributed by atoms with Crippen molar-refractivity contribution in [2.24, 2.45) is 5.84 Å². The number of carbonyl (C=O) groups is 1. The number of hydrogen-bond acceptors (Lipinski definition) is 5. The fourth-order valence-corrected chi connectivity index (χ4v) is 1.57. The Morgan fingerprint density at radius 3 is 2.94 bits per heavy atom. The summed E-state index contributed by atoms with van der Waals surface area (Å²) in [6, 6.07) is 7.10. The molecule has 0 radical (unpaired) electrons. The van der Waals surface area contributed by atoms with Crippen LogP contribution in [0.5, 0.6) is 0 Å². The number of rotatable bonds is 4. The lowest BCUT2D eigenvalue weighted by Crippen LogP contribution is -2.24. The standard InChI is InChI=1S/C12H14N4O2/c1-8-2-3-11(16-13)10(6-8)12(17)14-7-9-4-5-15-18-9/h2-6,16H,7,13H2,1H3,(H,14,17). The molecule has 4 N–H and O–H groups in total. The van der Waals surface area contributed by atoms with Gasteiger partial charge in [0.1, 0.15) is 0 Å². The number of hydrazine groups is 1. The second kappa shape index (κ2) is 5.33. The quantitative estimate of drug-likeness (QED) is 0.556. The van der Waals surface area contributed by atoms with Crippen molar-refractivity contribution >= 4 is 11.6 Å². The molecular weight excluding hydrogens is 232 g/mol. The first kappa shape index (κ1) is 12.1. The summed E-state index contributed by atoms with van der Waals surface area (Å²) in [5.41, 5.74) is 4.56. The van der Waals surface area contributed by atoms with Crippen LogP contribution in [0.15, 0.2) is 35.0 Å². The Bertz CT molecular complexity index is 537. The van der Waals surface area contributed by atoms with Gasteiger partial charge in [-0.3, -0.25) is 10.6 Å². The van der Waals surface area contributed by atoms with Gasteiger partial charge < -0.3 is 15.3 Å². The summed E-state index contributed by atoms with van der Waals surface area (Å²) in [5.74, 6) is 5.75. The van der Waals surface area contributed by atoms with Gasteiger partial charge in [-0.15, -0.1) is 0 Å². The molecule has 0 unspecified atom stereocenters. The largest absolute Gasteiger partial charge is 0.360 e. The maximum absolute atomic E-state index is 12.0. The highest BCUT2D eigenvalue weighted by Gasteiger charge is 2.11. The van der Waals surface area contributed by atoms with E-state index in [-0.39, 0.29) is 12.5 Å². The second-order valence-corrected chi connectivity index (χ2v) is 3.85. The predicted octanol–water partition coefficient (Wildman–Crippen LogP) is 1.20. The Hall–Kier alpha value is -2.34. The Labute approximate surface area is 104 Å². The summed E-state index contributed by atoms with van der Waals surface area (Å²) in [4.78, 5) is 12.0. The molecule has 0 spiro atoms. The first-order valence-corrected chi connectivity index (χ1v) is 5.45. The van der Waals surface area contributed by atoms with E-state index >= 15 is 0 Å². The van der Waals surface area contributed by atoms with Gasteiger partial charge in [-0.05, 0) is 19.1 Å². The molecule has 6 heteroatoms. The van der Waals surface area contributed by atoms with Gasteiger partial charge in [0, 0.05) is 6.07 Å². The lowest BCUT2D eigenvalue weighted by molar-refractivity contribution is 0.0947. The van der Waals surface area contributed by atoms with Crippen LogP contribution in [0.3, 0.4) is 0 Å². The molecule has 1 heterocycles. The first-order chi connectivity index (χ1) is 8.70. The lowest BCUT2D eigenvalue weighted by atomic mass is 10.1. The first-order valence-electron chi connectivity index (χ1n) is 5.45. The summed E-state index contributed by atoms with van der Waals surface area (Å²) in [7, 11) is 0. The average Bonchev–Trinajstić information content (AvgIpc) is 2.89. The Morgan fingerprint density at radius 1 is 1.44 bits per heavy atom. The normalized spacial score (nSPS) is 10.1. The fraction of sp³-hybridized carbons (Fsp3) is 0.167. The molecule has 2 rings (SSSR count). The van der Waals surface area contributed by atoms with Gasteiger partial charge in [0.05, 0.1) is 24.0 Å². The van der Waals surface area contributed by atoms with E-state index in [4.69, 9.17) is 10.4 Å². The molecule has 0 fully saturated rings. The van der Waals surface area contributed by atoms with E-state index < -0.39 is 0 Å². The van der Waals surface area contributed by atoms with Crippen molar-refractivity contribution in [2.75, 3.05) is 5.43 Å². The maximum Gasteiger partial charge on any atom is 0.253 e. The number of nitrogen functional groups attached to an aromatic ring is 1. The number of hydrogen-bond donors (Lipinski definition) is 3. The van der Waals surface area contributed by atoms with Gasteiger partial charge in [0.15, 0.2) is 5.76 Å². The number of amides is 1. The number of nitrogens with one attached hydrogen (secondary N) is 2. The van der Waals surface area contributed by atoms with Crippen LogP contribution in [-0.4, -0.2) is 11.1 Å². The van der Waals surface area contributed by atoms with Crippen LogP contribution in [0.2, 0.25) is 0 Å². The smallest absolute Gasteiger partial charge is 0.253 e. The average molecular weight is 246 g/mol. The molecule has 0 bridgehead atoms. The second-order valence-electron chi connectivity index (χ2n) is 3.85. The van der Waals surface area contributed by atoms with Crippen LogP contribution >= 0.6 is 0 Å². The lowest BCUT2D eigenvalue weighted by Gasteiger charge is -2.09. The third-order valence-corrected chi connectivity index (χ3v) is 2.49. The maximum atomic E-state index is 12.0. The van der Waals surface area contributed by atoms with Gasteiger partial charge in [-0.2, -0.15) is 0 Å². The number of nitrogens with zero attached hydrogens (tertiary/aromatic N) is 1. The topological polar surface area (TPSA) is 93.2 Å². The highest BCUT2D eigenvalue weighted by atomic mass is 16.5. The molecule has 1 amide bonds. The van der Waals surface area contributed by atoms with Crippen LogP contribution in [-0.2, 0) is 6.54 Å². The summed E-state index contributed by atoms with van der Waals surface area (Å²) < 4.78 is 4.90. The van der Waals surface area contributed by atoms with Crippen molar-refractivity contribution in [2.45, 2.75) is 13.5 Å². The van der Waals surface area contributed by atoms with E-state index in [1.807, 2.05) is 13.0 Å². The third kappa shape index (κ3) is 2.67. The molecule has 0 aliphatic heterocycles. The molecule has 1 aromatic heterocycles. The van der Waals surface area contributed by atoms with Gasteiger partial charge in [0.2, 0.25) is 0 Å². The number of nitrogens with two attached hydrogens (primary N) is 1. The zero-order valence-electron chi connectivity index (χ0n) is 9.93. The zero-order chi connectivity index (χ0) is 13.0. The van der Waals surface area contributed by atoms with E-state index in [1.165, 1.54) is 6.20 Å². The van der Waals surface area contributed by atoms with Gasteiger partial charge in [0.25, 0.3) is 5.91 Å². The molecule has 18 heavy (non-hydrogen) atoms. The molecule has 0 atom stereocenters. The van der Waals surface area contributed by atoms with Crippen molar-refractivity contribution in [3.8, 4) is 0 Å². The minimum Gasteiger partial charge on any atom is -0.360 e. The summed E-state index contributed by atoms with van der Waals surface area (Å²) >= 11 is 0. The van der Waals surface area contributed by atoms with Crippen LogP contribution in [0.1, 0.15) is 21.7 Å². The molecule has 0 aliphatic rings. The van der Waals surface area contributed by atoms with Crippen molar-refractivity contribution in [3.63, 3.8) is 0 Å². The molecular formula is C12H14N4O2. The van der Waals surface area contributed by atoms with Crippen molar-refractivity contribution in [1.82, 2.24) is 10.5 Å². The highest BCUT2D eigenvalue weighted by molar-refractivity contribution is 5.99. The van der Waals surface area contributed by atoms with E-state index in [0.717, 1.165) is 5.56 Å². The molecule has 0 saturated carbocycles. The zero-order valence-corrected chi connectivity index (χ0v) is 9.93. The fourth-order valence-electron chi connectivity index (χ4n) is 1.57.